The van der Waals surface area contributed by atoms with Gasteiger partial charge in [0.2, 0.25) is 5.78 Å². The molecule has 0 aliphatic carbocycles. The van der Waals surface area contributed by atoms with Gasteiger partial charge in [-0.05, 0) is 13.8 Å². The minimum atomic E-state index is -0.350. The van der Waals surface area contributed by atoms with Crippen LogP contribution in [-0.2, 0) is 9.59 Å². The SMILES string of the molecule is CCC(=O)C(=O)N(CC)CC. The molecule has 0 aromatic carbocycles. The maximum absolute atomic E-state index is 11.1. The standard InChI is InChI=1S/C8H15NO2/c1-4-7(10)8(11)9(5-2)6-3/h4-6H2,1-3H3. The van der Waals surface area contributed by atoms with Crippen molar-refractivity contribution in [2.75, 3.05) is 13.1 Å². The fourth-order valence-corrected chi connectivity index (χ4v) is 0.838. The molecule has 3 heteroatoms. The van der Waals surface area contributed by atoms with Crippen molar-refractivity contribution in [3.63, 3.8) is 0 Å². The summed E-state index contributed by atoms with van der Waals surface area (Å²) in [5, 5.41) is 0. The maximum Gasteiger partial charge on any atom is 0.289 e. The lowest BCUT2D eigenvalue weighted by Gasteiger charge is -2.16. The smallest absolute Gasteiger partial charge is 0.289 e. The number of Topliss-reactive ketones (excluding diaryl/α,β-unsaturated/α-hetero) is 1. The van der Waals surface area contributed by atoms with Crippen LogP contribution in [0.1, 0.15) is 27.2 Å². The van der Waals surface area contributed by atoms with Crippen LogP contribution >= 0.6 is 0 Å². The summed E-state index contributed by atoms with van der Waals surface area (Å²) in [6.07, 6.45) is 0.301. The van der Waals surface area contributed by atoms with E-state index >= 15 is 0 Å². The number of ketones is 1. The first kappa shape index (κ1) is 10.1. The lowest BCUT2D eigenvalue weighted by molar-refractivity contribution is -0.144. The van der Waals surface area contributed by atoms with E-state index in [1.54, 1.807) is 6.92 Å². The molecule has 0 aliphatic rings. The van der Waals surface area contributed by atoms with Gasteiger partial charge in [-0.3, -0.25) is 9.59 Å². The highest BCUT2D eigenvalue weighted by Crippen LogP contribution is 1.92. The summed E-state index contributed by atoms with van der Waals surface area (Å²) in [5.41, 5.74) is 0. The molecule has 0 atom stereocenters. The quantitative estimate of drug-likeness (QED) is 0.567. The third kappa shape index (κ3) is 2.70. The molecule has 0 rings (SSSR count). The van der Waals surface area contributed by atoms with Crippen LogP contribution in [-0.4, -0.2) is 29.7 Å². The highest BCUT2D eigenvalue weighted by molar-refractivity contribution is 6.35. The van der Waals surface area contributed by atoms with Crippen LogP contribution < -0.4 is 0 Å². The summed E-state index contributed by atoms with van der Waals surface area (Å²) in [6.45, 7) is 6.65. The van der Waals surface area contributed by atoms with Gasteiger partial charge in [0.25, 0.3) is 5.91 Å². The van der Waals surface area contributed by atoms with Gasteiger partial charge < -0.3 is 4.90 Å². The largest absolute Gasteiger partial charge is 0.337 e. The molecule has 0 aliphatic heterocycles. The van der Waals surface area contributed by atoms with Gasteiger partial charge in [0.15, 0.2) is 0 Å². The zero-order valence-corrected chi connectivity index (χ0v) is 7.39. The van der Waals surface area contributed by atoms with Crippen LogP contribution in [0.2, 0.25) is 0 Å². The second-order valence-corrected chi connectivity index (χ2v) is 2.25. The Kier molecular flexibility index (Phi) is 4.50. The Bertz CT molecular complexity index is 150. The van der Waals surface area contributed by atoms with E-state index in [4.69, 9.17) is 0 Å². The van der Waals surface area contributed by atoms with Crippen molar-refractivity contribution >= 4 is 11.7 Å². The van der Waals surface area contributed by atoms with Gasteiger partial charge >= 0.3 is 0 Å². The summed E-state index contributed by atoms with van der Waals surface area (Å²) in [5.74, 6) is -0.647. The molecule has 0 aromatic rings. The monoisotopic (exact) mass is 157 g/mol. The zero-order chi connectivity index (χ0) is 8.85. The van der Waals surface area contributed by atoms with Gasteiger partial charge in [0.05, 0.1) is 0 Å². The van der Waals surface area contributed by atoms with Gasteiger partial charge in [-0.15, -0.1) is 0 Å². The minimum Gasteiger partial charge on any atom is -0.337 e. The average Bonchev–Trinajstić information content (AvgIpc) is 2.05. The van der Waals surface area contributed by atoms with Gasteiger partial charge in [-0.25, -0.2) is 0 Å². The van der Waals surface area contributed by atoms with Crippen LogP contribution in [0.25, 0.3) is 0 Å². The van der Waals surface area contributed by atoms with E-state index in [9.17, 15) is 9.59 Å². The van der Waals surface area contributed by atoms with Gasteiger partial charge in [0, 0.05) is 19.5 Å². The zero-order valence-electron chi connectivity index (χ0n) is 7.39. The fourth-order valence-electron chi connectivity index (χ4n) is 0.838. The predicted octanol–water partition coefficient (Wildman–Crippen LogP) is 0.834. The summed E-state index contributed by atoms with van der Waals surface area (Å²) < 4.78 is 0. The number of likely N-dealkylation sites (N-methyl/N-ethyl adjacent to an activating group) is 1. The second kappa shape index (κ2) is 4.88. The fraction of sp³-hybridized carbons (Fsp3) is 0.750. The van der Waals surface area contributed by atoms with Crippen LogP contribution in [0.3, 0.4) is 0 Å². The van der Waals surface area contributed by atoms with Crippen molar-refractivity contribution in [3.05, 3.63) is 0 Å². The number of rotatable bonds is 4. The lowest BCUT2D eigenvalue weighted by atomic mass is 10.3. The molecule has 64 valence electrons. The molecule has 0 heterocycles. The van der Waals surface area contributed by atoms with Crippen molar-refractivity contribution in [1.29, 1.82) is 0 Å². The van der Waals surface area contributed by atoms with Crippen LogP contribution in [0.4, 0.5) is 0 Å². The van der Waals surface area contributed by atoms with Gasteiger partial charge in [-0.2, -0.15) is 0 Å². The second-order valence-electron chi connectivity index (χ2n) is 2.25. The molecule has 0 saturated carbocycles. The topological polar surface area (TPSA) is 37.4 Å². The van der Waals surface area contributed by atoms with Crippen LogP contribution in [0, 0.1) is 0 Å². The number of hydrogen-bond donors (Lipinski definition) is 0. The molecule has 0 bridgehead atoms. The minimum absolute atomic E-state index is 0.297. The van der Waals surface area contributed by atoms with E-state index in [0.717, 1.165) is 0 Å². The number of amides is 1. The third-order valence-corrected chi connectivity index (χ3v) is 1.61. The van der Waals surface area contributed by atoms with Crippen LogP contribution in [0.5, 0.6) is 0 Å². The number of hydrogen-bond acceptors (Lipinski definition) is 2. The molecule has 0 aromatic heterocycles. The molecule has 0 fully saturated rings. The summed E-state index contributed by atoms with van der Waals surface area (Å²) in [7, 11) is 0. The molecule has 1 amide bonds. The Morgan fingerprint density at radius 3 is 1.82 bits per heavy atom. The van der Waals surface area contributed by atoms with E-state index in [1.807, 2.05) is 13.8 Å². The van der Waals surface area contributed by atoms with E-state index in [-0.39, 0.29) is 11.7 Å². The molecule has 0 unspecified atom stereocenters. The van der Waals surface area contributed by atoms with E-state index < -0.39 is 0 Å². The van der Waals surface area contributed by atoms with E-state index in [1.165, 1.54) is 4.90 Å². The lowest BCUT2D eigenvalue weighted by Crippen LogP contribution is -2.35. The molecule has 0 radical (unpaired) electrons. The highest BCUT2D eigenvalue weighted by Gasteiger charge is 2.16. The molecule has 0 spiro atoms. The molecular weight excluding hydrogens is 142 g/mol. The molecule has 11 heavy (non-hydrogen) atoms. The Morgan fingerprint density at radius 2 is 1.55 bits per heavy atom. The number of carbonyl (C=O) groups excluding carboxylic acids is 2. The molecule has 0 saturated heterocycles. The van der Waals surface area contributed by atoms with Crippen molar-refractivity contribution in [2.45, 2.75) is 27.2 Å². The predicted molar refractivity (Wildman–Crippen MR) is 43.2 cm³/mol. The first-order valence-corrected chi connectivity index (χ1v) is 3.99. The summed E-state index contributed by atoms with van der Waals surface area (Å²) in [6, 6.07) is 0. The Labute approximate surface area is 67.4 Å². The highest BCUT2D eigenvalue weighted by atomic mass is 16.2. The first-order valence-electron chi connectivity index (χ1n) is 3.99. The normalized spacial score (nSPS) is 9.36. The van der Waals surface area contributed by atoms with Crippen molar-refractivity contribution in [2.24, 2.45) is 0 Å². The van der Waals surface area contributed by atoms with Crippen LogP contribution in [0.15, 0.2) is 0 Å². The average molecular weight is 157 g/mol. The van der Waals surface area contributed by atoms with E-state index in [2.05, 4.69) is 0 Å². The number of carbonyl (C=O) groups is 2. The maximum atomic E-state index is 11.1. The Hall–Kier alpha value is -0.860. The van der Waals surface area contributed by atoms with Crippen molar-refractivity contribution in [3.8, 4) is 0 Å². The summed E-state index contributed by atoms with van der Waals surface area (Å²) in [4.78, 5) is 23.5. The van der Waals surface area contributed by atoms with Gasteiger partial charge in [-0.1, -0.05) is 6.92 Å². The summed E-state index contributed by atoms with van der Waals surface area (Å²) >= 11 is 0. The molecular formula is C8H15NO2. The first-order chi connectivity index (χ1) is 5.17. The number of nitrogens with zero attached hydrogens (tertiary/aromatic N) is 1. The van der Waals surface area contributed by atoms with Crippen molar-refractivity contribution in [1.82, 2.24) is 4.90 Å². The van der Waals surface area contributed by atoms with Gasteiger partial charge in [0.1, 0.15) is 0 Å². The third-order valence-electron chi connectivity index (χ3n) is 1.61. The van der Waals surface area contributed by atoms with E-state index in [0.29, 0.717) is 19.5 Å². The Morgan fingerprint density at radius 1 is 1.09 bits per heavy atom. The van der Waals surface area contributed by atoms with Crippen molar-refractivity contribution < 1.29 is 9.59 Å². The molecule has 0 N–H and O–H groups in total. The Balaban J connectivity index is 4.09. The molecule has 3 nitrogen and oxygen atoms in total.